The van der Waals surface area contributed by atoms with Gasteiger partial charge in [0.1, 0.15) is 6.73 Å². The molecule has 5 nitrogen and oxygen atoms in total. The van der Waals surface area contributed by atoms with Crippen molar-refractivity contribution in [3.05, 3.63) is 32.6 Å². The Hall–Kier alpha value is -1.36. The highest BCUT2D eigenvalue weighted by Gasteiger charge is 2.09. The van der Waals surface area contributed by atoms with Crippen LogP contribution in [0.25, 0.3) is 0 Å². The van der Waals surface area contributed by atoms with Gasteiger partial charge in [0.2, 0.25) is 0 Å². The molecule has 0 aromatic carbocycles. The van der Waals surface area contributed by atoms with Gasteiger partial charge < -0.3 is 9.72 Å². The number of H-pyrrole nitrogens is 1. The molecule has 1 aromatic rings. The maximum Gasteiger partial charge on any atom is 0.330 e. The lowest BCUT2D eigenvalue weighted by molar-refractivity contribution is 0.0818. The van der Waals surface area contributed by atoms with Crippen molar-refractivity contribution in [3.8, 4) is 0 Å². The Balaban J connectivity index is 3.19. The molecule has 0 atom stereocenters. The van der Waals surface area contributed by atoms with Crippen LogP contribution in [-0.4, -0.2) is 16.2 Å². The second-order valence-corrected chi connectivity index (χ2v) is 3.56. The summed E-state index contributed by atoms with van der Waals surface area (Å²) in [6.45, 7) is 6.09. The van der Waals surface area contributed by atoms with E-state index in [1.807, 2.05) is 20.8 Å². The molecule has 1 rings (SSSR count). The Bertz CT molecular complexity index is 431. The molecule has 0 fully saturated rings. The van der Waals surface area contributed by atoms with E-state index >= 15 is 0 Å². The first kappa shape index (κ1) is 11.7. The van der Waals surface area contributed by atoms with E-state index in [1.54, 1.807) is 0 Å². The fourth-order valence-corrected chi connectivity index (χ4v) is 1.24. The highest BCUT2D eigenvalue weighted by Crippen LogP contribution is 2.05. The van der Waals surface area contributed by atoms with Gasteiger partial charge in [-0.15, -0.1) is 0 Å². The Morgan fingerprint density at radius 1 is 1.47 bits per heavy atom. The Morgan fingerprint density at radius 2 is 2.13 bits per heavy atom. The van der Waals surface area contributed by atoms with E-state index in [1.165, 1.54) is 6.20 Å². The van der Waals surface area contributed by atoms with Crippen molar-refractivity contribution in [2.24, 2.45) is 0 Å². The fourth-order valence-electron chi connectivity index (χ4n) is 1.24. The maximum atomic E-state index is 11.8. The molecular weight excluding hydrogens is 196 g/mol. The fraction of sp³-hybridized carbons (Fsp3) is 0.600. The molecule has 0 unspecified atom stereocenters. The molecule has 1 heterocycles. The predicted molar refractivity (Wildman–Crippen MR) is 57.0 cm³/mol. The van der Waals surface area contributed by atoms with Crippen LogP contribution in [0.5, 0.6) is 0 Å². The zero-order chi connectivity index (χ0) is 11.4. The van der Waals surface area contributed by atoms with E-state index in [0.717, 1.165) is 4.57 Å². The normalized spacial score (nSPS) is 10.9. The van der Waals surface area contributed by atoms with Gasteiger partial charge >= 0.3 is 5.69 Å². The standard InChI is InChI=1S/C10H16N2O3/c1-4-15-6-12-9(13)8(7(2)3)5-11-10(12)14/h5,7H,4,6H2,1-3H3,(H,11,14). The Labute approximate surface area is 87.7 Å². The van der Waals surface area contributed by atoms with Gasteiger partial charge in [0.15, 0.2) is 0 Å². The average Bonchev–Trinajstić information content (AvgIpc) is 2.17. The largest absolute Gasteiger partial charge is 0.361 e. The van der Waals surface area contributed by atoms with Gasteiger partial charge in [-0.2, -0.15) is 0 Å². The second kappa shape index (κ2) is 4.93. The second-order valence-electron chi connectivity index (χ2n) is 3.56. The lowest BCUT2D eigenvalue weighted by Gasteiger charge is -2.08. The van der Waals surface area contributed by atoms with Crippen molar-refractivity contribution < 1.29 is 4.74 Å². The quantitative estimate of drug-likeness (QED) is 0.797. The van der Waals surface area contributed by atoms with E-state index in [-0.39, 0.29) is 18.2 Å². The first-order chi connectivity index (χ1) is 7.07. The molecule has 0 aliphatic heterocycles. The summed E-state index contributed by atoms with van der Waals surface area (Å²) in [7, 11) is 0. The minimum Gasteiger partial charge on any atom is -0.361 e. The summed E-state index contributed by atoms with van der Waals surface area (Å²) >= 11 is 0. The lowest BCUT2D eigenvalue weighted by Crippen LogP contribution is -2.37. The molecule has 15 heavy (non-hydrogen) atoms. The topological polar surface area (TPSA) is 64.1 Å². The van der Waals surface area contributed by atoms with Crippen LogP contribution in [-0.2, 0) is 11.5 Å². The molecule has 1 aromatic heterocycles. The molecule has 5 heteroatoms. The van der Waals surface area contributed by atoms with Crippen LogP contribution in [0.3, 0.4) is 0 Å². The molecule has 0 saturated heterocycles. The van der Waals surface area contributed by atoms with Gasteiger partial charge in [0.05, 0.1) is 0 Å². The number of nitrogens with one attached hydrogen (secondary N) is 1. The van der Waals surface area contributed by atoms with Crippen molar-refractivity contribution in [2.45, 2.75) is 33.4 Å². The van der Waals surface area contributed by atoms with E-state index in [0.29, 0.717) is 12.2 Å². The molecule has 0 amide bonds. The Morgan fingerprint density at radius 3 is 2.67 bits per heavy atom. The summed E-state index contributed by atoms with van der Waals surface area (Å²) < 4.78 is 6.13. The summed E-state index contributed by atoms with van der Waals surface area (Å²) in [5.74, 6) is 0.0854. The van der Waals surface area contributed by atoms with Crippen LogP contribution in [0.2, 0.25) is 0 Å². The molecule has 0 bridgehead atoms. The van der Waals surface area contributed by atoms with Crippen molar-refractivity contribution in [3.63, 3.8) is 0 Å². The highest BCUT2D eigenvalue weighted by molar-refractivity contribution is 5.08. The van der Waals surface area contributed by atoms with Gasteiger partial charge in [-0.3, -0.25) is 4.79 Å². The molecule has 0 aliphatic rings. The molecule has 0 aliphatic carbocycles. The summed E-state index contributed by atoms with van der Waals surface area (Å²) in [6, 6.07) is 0. The van der Waals surface area contributed by atoms with Crippen LogP contribution in [0.4, 0.5) is 0 Å². The third-order valence-corrected chi connectivity index (χ3v) is 2.13. The van der Waals surface area contributed by atoms with Crippen LogP contribution in [0.15, 0.2) is 15.8 Å². The van der Waals surface area contributed by atoms with E-state index < -0.39 is 5.69 Å². The van der Waals surface area contributed by atoms with Crippen LogP contribution in [0.1, 0.15) is 32.3 Å². The number of nitrogens with zero attached hydrogens (tertiary/aromatic N) is 1. The molecule has 0 spiro atoms. The number of rotatable bonds is 4. The number of aromatic nitrogens is 2. The summed E-state index contributed by atoms with van der Waals surface area (Å²) in [5.41, 5.74) is -0.116. The lowest BCUT2D eigenvalue weighted by atomic mass is 10.1. The zero-order valence-corrected chi connectivity index (χ0v) is 9.24. The highest BCUT2D eigenvalue weighted by atomic mass is 16.5. The molecule has 1 N–H and O–H groups in total. The van der Waals surface area contributed by atoms with Gasteiger partial charge in [-0.1, -0.05) is 13.8 Å². The smallest absolute Gasteiger partial charge is 0.330 e. The molecule has 0 saturated carbocycles. The third-order valence-electron chi connectivity index (χ3n) is 2.13. The molecule has 84 valence electrons. The minimum atomic E-state index is -0.433. The van der Waals surface area contributed by atoms with Crippen molar-refractivity contribution in [2.75, 3.05) is 6.61 Å². The van der Waals surface area contributed by atoms with Gasteiger partial charge in [-0.05, 0) is 12.8 Å². The van der Waals surface area contributed by atoms with Crippen LogP contribution < -0.4 is 11.2 Å². The summed E-state index contributed by atoms with van der Waals surface area (Å²) in [5, 5.41) is 0. The Kier molecular flexibility index (Phi) is 3.85. The SMILES string of the molecule is CCOCn1c(=O)[nH]cc(C(C)C)c1=O. The van der Waals surface area contributed by atoms with Gasteiger partial charge in [0, 0.05) is 18.4 Å². The summed E-state index contributed by atoms with van der Waals surface area (Å²) in [6.07, 6.45) is 1.47. The maximum absolute atomic E-state index is 11.8. The van der Waals surface area contributed by atoms with Crippen LogP contribution in [0, 0.1) is 0 Å². The third kappa shape index (κ3) is 2.56. The molecular formula is C10H16N2O3. The number of hydrogen-bond donors (Lipinski definition) is 1. The first-order valence-electron chi connectivity index (χ1n) is 4.98. The van der Waals surface area contributed by atoms with Crippen molar-refractivity contribution in [1.29, 1.82) is 0 Å². The van der Waals surface area contributed by atoms with Gasteiger partial charge in [-0.25, -0.2) is 9.36 Å². The zero-order valence-electron chi connectivity index (χ0n) is 9.24. The van der Waals surface area contributed by atoms with Crippen molar-refractivity contribution >= 4 is 0 Å². The predicted octanol–water partition coefficient (Wildman–Crippen LogP) is 0.654. The number of hydrogen-bond acceptors (Lipinski definition) is 3. The van der Waals surface area contributed by atoms with Crippen LogP contribution >= 0.6 is 0 Å². The monoisotopic (exact) mass is 212 g/mol. The van der Waals surface area contributed by atoms with Gasteiger partial charge in [0.25, 0.3) is 5.56 Å². The summed E-state index contributed by atoms with van der Waals surface area (Å²) in [4.78, 5) is 25.7. The number of aromatic amines is 1. The van der Waals surface area contributed by atoms with E-state index in [9.17, 15) is 9.59 Å². The van der Waals surface area contributed by atoms with E-state index in [2.05, 4.69) is 4.98 Å². The van der Waals surface area contributed by atoms with Crippen molar-refractivity contribution in [1.82, 2.24) is 9.55 Å². The number of ether oxygens (including phenoxy) is 1. The molecule has 0 radical (unpaired) electrons. The minimum absolute atomic E-state index is 0.00519. The average molecular weight is 212 g/mol. The van der Waals surface area contributed by atoms with E-state index in [4.69, 9.17) is 4.74 Å². The first-order valence-corrected chi connectivity index (χ1v) is 4.98.